The van der Waals surface area contributed by atoms with Crippen LogP contribution in [0.25, 0.3) is 0 Å². The van der Waals surface area contributed by atoms with E-state index in [1.807, 2.05) is 12.1 Å². The number of hydrogen-bond acceptors (Lipinski definition) is 2. The quantitative estimate of drug-likeness (QED) is 0.837. The van der Waals surface area contributed by atoms with Crippen LogP contribution in [0.15, 0.2) is 18.2 Å². The molecule has 1 aromatic carbocycles. The Morgan fingerprint density at radius 1 is 1.27 bits per heavy atom. The summed E-state index contributed by atoms with van der Waals surface area (Å²) in [5, 5.41) is 0.786. The normalized spacial score (nSPS) is 10.4. The van der Waals surface area contributed by atoms with Crippen molar-refractivity contribution in [3.63, 3.8) is 0 Å². The van der Waals surface area contributed by atoms with Crippen LogP contribution in [0, 0.1) is 0 Å². The zero-order valence-electron chi connectivity index (χ0n) is 9.46. The van der Waals surface area contributed by atoms with E-state index < -0.39 is 0 Å². The van der Waals surface area contributed by atoms with Gasteiger partial charge >= 0.3 is 0 Å². The minimum atomic E-state index is 0.661. The van der Waals surface area contributed by atoms with Crippen LogP contribution < -0.4 is 10.6 Å². The molecule has 0 aliphatic carbocycles. The van der Waals surface area contributed by atoms with E-state index in [1.165, 1.54) is 11.3 Å². The van der Waals surface area contributed by atoms with E-state index in [9.17, 15) is 0 Å². The number of anilines is 1. The first-order valence-electron chi connectivity index (χ1n) is 5.46. The fourth-order valence-electron chi connectivity index (χ4n) is 1.78. The van der Waals surface area contributed by atoms with Gasteiger partial charge in [0.25, 0.3) is 0 Å². The van der Waals surface area contributed by atoms with Crippen molar-refractivity contribution in [3.05, 3.63) is 28.8 Å². The average molecular weight is 227 g/mol. The van der Waals surface area contributed by atoms with Crippen molar-refractivity contribution >= 4 is 17.3 Å². The molecule has 0 saturated carbocycles. The molecule has 0 amide bonds. The Morgan fingerprint density at radius 2 is 1.93 bits per heavy atom. The van der Waals surface area contributed by atoms with Gasteiger partial charge in [0.15, 0.2) is 0 Å². The zero-order valence-corrected chi connectivity index (χ0v) is 10.2. The van der Waals surface area contributed by atoms with Gasteiger partial charge in [-0.3, -0.25) is 0 Å². The van der Waals surface area contributed by atoms with E-state index in [0.29, 0.717) is 6.54 Å². The molecule has 1 rings (SSSR count). The number of hydrogen-bond donors (Lipinski definition) is 1. The van der Waals surface area contributed by atoms with E-state index in [0.717, 1.165) is 24.5 Å². The average Bonchev–Trinajstić information content (AvgIpc) is 2.23. The summed E-state index contributed by atoms with van der Waals surface area (Å²) in [6, 6.07) is 6.04. The Balaban J connectivity index is 3.03. The predicted molar refractivity (Wildman–Crippen MR) is 67.8 cm³/mol. The summed E-state index contributed by atoms with van der Waals surface area (Å²) in [6.07, 6.45) is 0.881. The van der Waals surface area contributed by atoms with E-state index in [4.69, 9.17) is 17.3 Å². The Labute approximate surface area is 97.0 Å². The third-order valence-corrected chi connectivity index (χ3v) is 2.79. The van der Waals surface area contributed by atoms with Gasteiger partial charge in [-0.15, -0.1) is 0 Å². The Morgan fingerprint density at radius 3 is 2.47 bits per heavy atom. The first-order chi connectivity index (χ1) is 7.22. The van der Waals surface area contributed by atoms with Crippen LogP contribution in [0.3, 0.4) is 0 Å². The van der Waals surface area contributed by atoms with E-state index >= 15 is 0 Å². The highest BCUT2D eigenvalue weighted by Gasteiger charge is 2.07. The largest absolute Gasteiger partial charge is 0.372 e. The van der Waals surface area contributed by atoms with Crippen molar-refractivity contribution in [2.45, 2.75) is 20.3 Å². The molecule has 0 saturated heterocycles. The smallest absolute Gasteiger partial charge is 0.0410 e. The maximum absolute atomic E-state index is 5.98. The molecule has 2 N–H and O–H groups in total. The third-order valence-electron chi connectivity index (χ3n) is 2.56. The SMILES string of the molecule is CCN(CC)c1ccc(Cl)cc1CCN. The Hall–Kier alpha value is -0.730. The molecule has 0 unspecified atom stereocenters. The van der Waals surface area contributed by atoms with Crippen molar-refractivity contribution in [3.8, 4) is 0 Å². The topological polar surface area (TPSA) is 29.3 Å². The molecule has 15 heavy (non-hydrogen) atoms. The molecule has 0 fully saturated rings. The van der Waals surface area contributed by atoms with Gasteiger partial charge in [-0.25, -0.2) is 0 Å². The van der Waals surface area contributed by atoms with Gasteiger partial charge in [-0.2, -0.15) is 0 Å². The van der Waals surface area contributed by atoms with Crippen LogP contribution >= 0.6 is 11.6 Å². The molecule has 0 aliphatic heterocycles. The summed E-state index contributed by atoms with van der Waals surface area (Å²) in [5.41, 5.74) is 8.10. The lowest BCUT2D eigenvalue weighted by molar-refractivity contribution is 0.849. The van der Waals surface area contributed by atoms with Crippen molar-refractivity contribution in [1.29, 1.82) is 0 Å². The van der Waals surface area contributed by atoms with Gasteiger partial charge in [0.05, 0.1) is 0 Å². The van der Waals surface area contributed by atoms with E-state index in [-0.39, 0.29) is 0 Å². The van der Waals surface area contributed by atoms with Crippen LogP contribution in [0.1, 0.15) is 19.4 Å². The standard InChI is InChI=1S/C12H19ClN2/c1-3-15(4-2)12-6-5-11(13)9-10(12)7-8-14/h5-6,9H,3-4,7-8,14H2,1-2H3. The lowest BCUT2D eigenvalue weighted by Crippen LogP contribution is -2.23. The predicted octanol–water partition coefficient (Wildman–Crippen LogP) is 2.69. The lowest BCUT2D eigenvalue weighted by atomic mass is 10.1. The van der Waals surface area contributed by atoms with Crippen LogP contribution in [-0.4, -0.2) is 19.6 Å². The highest BCUT2D eigenvalue weighted by atomic mass is 35.5. The van der Waals surface area contributed by atoms with Crippen LogP contribution in [-0.2, 0) is 6.42 Å². The monoisotopic (exact) mass is 226 g/mol. The fraction of sp³-hybridized carbons (Fsp3) is 0.500. The molecule has 0 radical (unpaired) electrons. The van der Waals surface area contributed by atoms with Crippen molar-refractivity contribution in [2.24, 2.45) is 5.73 Å². The molecule has 2 nitrogen and oxygen atoms in total. The lowest BCUT2D eigenvalue weighted by Gasteiger charge is -2.24. The summed E-state index contributed by atoms with van der Waals surface area (Å²) in [6.45, 7) is 6.99. The number of halogens is 1. The maximum Gasteiger partial charge on any atom is 0.0410 e. The summed E-state index contributed by atoms with van der Waals surface area (Å²) < 4.78 is 0. The summed E-state index contributed by atoms with van der Waals surface area (Å²) in [4.78, 5) is 2.32. The van der Waals surface area contributed by atoms with Gasteiger partial charge in [0.1, 0.15) is 0 Å². The Kier molecular flexibility index (Phi) is 4.92. The van der Waals surface area contributed by atoms with Gasteiger partial charge < -0.3 is 10.6 Å². The molecule has 0 aromatic heterocycles. The number of nitrogens with zero attached hydrogens (tertiary/aromatic N) is 1. The summed E-state index contributed by atoms with van der Waals surface area (Å²) in [7, 11) is 0. The molecule has 0 bridgehead atoms. The second-order valence-corrected chi connectivity index (χ2v) is 3.92. The summed E-state index contributed by atoms with van der Waals surface area (Å²) >= 11 is 5.98. The van der Waals surface area contributed by atoms with Crippen molar-refractivity contribution in [1.82, 2.24) is 0 Å². The second kappa shape index (κ2) is 5.99. The summed E-state index contributed by atoms with van der Waals surface area (Å²) in [5.74, 6) is 0. The highest BCUT2D eigenvalue weighted by Crippen LogP contribution is 2.24. The molecular weight excluding hydrogens is 208 g/mol. The van der Waals surface area contributed by atoms with E-state index in [1.54, 1.807) is 0 Å². The molecular formula is C12H19ClN2. The molecule has 0 heterocycles. The van der Waals surface area contributed by atoms with Gasteiger partial charge in [0, 0.05) is 23.8 Å². The highest BCUT2D eigenvalue weighted by molar-refractivity contribution is 6.30. The molecule has 1 aromatic rings. The first kappa shape index (κ1) is 12.3. The fourth-order valence-corrected chi connectivity index (χ4v) is 1.98. The second-order valence-electron chi connectivity index (χ2n) is 3.48. The number of benzene rings is 1. The third kappa shape index (κ3) is 3.11. The molecule has 0 aliphatic rings. The van der Waals surface area contributed by atoms with Crippen molar-refractivity contribution < 1.29 is 0 Å². The first-order valence-corrected chi connectivity index (χ1v) is 5.84. The molecule has 3 heteroatoms. The minimum Gasteiger partial charge on any atom is -0.372 e. The van der Waals surface area contributed by atoms with Crippen LogP contribution in [0.5, 0.6) is 0 Å². The van der Waals surface area contributed by atoms with Crippen LogP contribution in [0.4, 0.5) is 5.69 Å². The molecule has 84 valence electrons. The molecule has 0 atom stereocenters. The van der Waals surface area contributed by atoms with Gasteiger partial charge in [-0.1, -0.05) is 11.6 Å². The van der Waals surface area contributed by atoms with E-state index in [2.05, 4.69) is 24.8 Å². The zero-order chi connectivity index (χ0) is 11.3. The maximum atomic E-state index is 5.98. The Bertz CT molecular complexity index is 308. The number of rotatable bonds is 5. The number of nitrogens with two attached hydrogens (primary N) is 1. The van der Waals surface area contributed by atoms with Crippen LogP contribution in [0.2, 0.25) is 5.02 Å². The minimum absolute atomic E-state index is 0.661. The van der Waals surface area contributed by atoms with Gasteiger partial charge in [-0.05, 0) is 50.6 Å². The van der Waals surface area contributed by atoms with Gasteiger partial charge in [0.2, 0.25) is 0 Å². The van der Waals surface area contributed by atoms with Crippen molar-refractivity contribution in [2.75, 3.05) is 24.5 Å². The molecule has 0 spiro atoms.